The monoisotopic (exact) mass is 262 g/mol. The van der Waals surface area contributed by atoms with E-state index in [2.05, 4.69) is 9.71 Å². The van der Waals surface area contributed by atoms with E-state index in [1.807, 2.05) is 6.07 Å². The Hall–Kier alpha value is -2.33. The van der Waals surface area contributed by atoms with Gasteiger partial charge >= 0.3 is 0 Å². The van der Waals surface area contributed by atoms with Crippen molar-refractivity contribution in [2.45, 2.75) is 5.03 Å². The fourth-order valence-electron chi connectivity index (χ4n) is 1.35. The smallest absolute Gasteiger partial charge is 0.280 e. The molecular formula is C11H10N4O2S. The van der Waals surface area contributed by atoms with Gasteiger partial charge in [-0.1, -0.05) is 0 Å². The van der Waals surface area contributed by atoms with Gasteiger partial charge in [-0.15, -0.1) is 0 Å². The zero-order chi connectivity index (χ0) is 13.2. The predicted octanol–water partition coefficient (Wildman–Crippen LogP) is 1.09. The molecule has 0 saturated carbocycles. The minimum Gasteiger partial charge on any atom is -0.339 e. The van der Waals surface area contributed by atoms with Crippen LogP contribution in [0.5, 0.6) is 0 Å². The number of hydrogen-bond acceptors (Lipinski definition) is 4. The maximum atomic E-state index is 11.9. The Morgan fingerprint density at radius 2 is 2.00 bits per heavy atom. The fourth-order valence-corrected chi connectivity index (χ4v) is 2.39. The number of rotatable bonds is 3. The summed E-state index contributed by atoms with van der Waals surface area (Å²) >= 11 is 0. The molecule has 0 unspecified atom stereocenters. The average molecular weight is 262 g/mol. The Labute approximate surface area is 105 Å². The van der Waals surface area contributed by atoms with Crippen molar-refractivity contribution in [3.05, 3.63) is 42.4 Å². The summed E-state index contributed by atoms with van der Waals surface area (Å²) in [7, 11) is -1.99. The van der Waals surface area contributed by atoms with Crippen LogP contribution in [0.3, 0.4) is 0 Å². The molecule has 1 N–H and O–H groups in total. The number of imidazole rings is 1. The largest absolute Gasteiger partial charge is 0.339 e. The van der Waals surface area contributed by atoms with Gasteiger partial charge in [0.15, 0.2) is 5.03 Å². The molecule has 1 aromatic carbocycles. The molecule has 0 atom stereocenters. The van der Waals surface area contributed by atoms with Crippen molar-refractivity contribution in [2.24, 2.45) is 7.05 Å². The lowest BCUT2D eigenvalue weighted by Crippen LogP contribution is -2.13. The number of hydrogen-bond donors (Lipinski definition) is 1. The number of aryl methyl sites for hydroxylation is 1. The van der Waals surface area contributed by atoms with E-state index in [0.29, 0.717) is 11.3 Å². The SMILES string of the molecule is Cn1cnc(S(=O)(=O)Nc2ccc(C#N)cc2)c1. The first kappa shape index (κ1) is 12.1. The highest BCUT2D eigenvalue weighted by Crippen LogP contribution is 2.14. The number of benzene rings is 1. The van der Waals surface area contributed by atoms with Gasteiger partial charge in [-0.3, -0.25) is 4.72 Å². The van der Waals surface area contributed by atoms with Crippen LogP contribution in [0.1, 0.15) is 5.56 Å². The number of nitrogens with zero attached hydrogens (tertiary/aromatic N) is 3. The Morgan fingerprint density at radius 1 is 1.33 bits per heavy atom. The molecule has 0 aliphatic heterocycles. The van der Waals surface area contributed by atoms with Crippen molar-refractivity contribution in [3.63, 3.8) is 0 Å². The van der Waals surface area contributed by atoms with Gasteiger partial charge in [0, 0.05) is 18.9 Å². The van der Waals surface area contributed by atoms with Gasteiger partial charge in [-0.2, -0.15) is 13.7 Å². The maximum Gasteiger partial charge on any atom is 0.280 e. The van der Waals surface area contributed by atoms with Crippen LogP contribution in [0, 0.1) is 11.3 Å². The van der Waals surface area contributed by atoms with Crippen molar-refractivity contribution in [1.82, 2.24) is 9.55 Å². The van der Waals surface area contributed by atoms with Crippen LogP contribution in [0.4, 0.5) is 5.69 Å². The summed E-state index contributed by atoms with van der Waals surface area (Å²) in [6.45, 7) is 0. The zero-order valence-corrected chi connectivity index (χ0v) is 10.3. The van der Waals surface area contributed by atoms with E-state index in [9.17, 15) is 8.42 Å². The van der Waals surface area contributed by atoms with E-state index in [1.54, 1.807) is 11.6 Å². The van der Waals surface area contributed by atoms with Crippen molar-refractivity contribution in [1.29, 1.82) is 5.26 Å². The summed E-state index contributed by atoms with van der Waals surface area (Å²) in [5.74, 6) is 0. The summed E-state index contributed by atoms with van der Waals surface area (Å²) in [5.41, 5.74) is 0.857. The summed E-state index contributed by atoms with van der Waals surface area (Å²) < 4.78 is 27.8. The summed E-state index contributed by atoms with van der Waals surface area (Å²) in [6.07, 6.45) is 2.82. The molecule has 6 nitrogen and oxygen atoms in total. The molecule has 0 bridgehead atoms. The lowest BCUT2D eigenvalue weighted by molar-refractivity contribution is 0.598. The Morgan fingerprint density at radius 3 is 2.50 bits per heavy atom. The molecule has 0 saturated heterocycles. The number of sulfonamides is 1. The average Bonchev–Trinajstić information content (AvgIpc) is 2.77. The van der Waals surface area contributed by atoms with Crippen molar-refractivity contribution in [3.8, 4) is 6.07 Å². The molecule has 0 amide bonds. The minimum absolute atomic E-state index is 0.0469. The number of nitrogens with one attached hydrogen (secondary N) is 1. The third kappa shape index (κ3) is 2.49. The first-order valence-corrected chi connectivity index (χ1v) is 6.50. The molecule has 1 aromatic heterocycles. The molecule has 92 valence electrons. The van der Waals surface area contributed by atoms with Gasteiger partial charge in [-0.25, -0.2) is 4.98 Å². The third-order valence-corrected chi connectivity index (χ3v) is 3.49. The first-order chi connectivity index (χ1) is 8.51. The molecular weight excluding hydrogens is 252 g/mol. The highest BCUT2D eigenvalue weighted by atomic mass is 32.2. The number of aromatic nitrogens is 2. The van der Waals surface area contributed by atoms with E-state index < -0.39 is 10.0 Å². The topological polar surface area (TPSA) is 87.8 Å². The van der Waals surface area contributed by atoms with E-state index in [4.69, 9.17) is 5.26 Å². The predicted molar refractivity (Wildman–Crippen MR) is 65.2 cm³/mol. The van der Waals surface area contributed by atoms with Gasteiger partial charge in [0.05, 0.1) is 18.0 Å². The van der Waals surface area contributed by atoms with Crippen LogP contribution >= 0.6 is 0 Å². The highest BCUT2D eigenvalue weighted by Gasteiger charge is 2.16. The van der Waals surface area contributed by atoms with Crippen LogP contribution in [0.2, 0.25) is 0 Å². The summed E-state index contributed by atoms with van der Waals surface area (Å²) in [5, 5.41) is 8.59. The van der Waals surface area contributed by atoms with Crippen LogP contribution in [-0.4, -0.2) is 18.0 Å². The highest BCUT2D eigenvalue weighted by molar-refractivity contribution is 7.92. The van der Waals surface area contributed by atoms with Gasteiger partial charge < -0.3 is 4.57 Å². The van der Waals surface area contributed by atoms with E-state index in [-0.39, 0.29) is 5.03 Å². The van der Waals surface area contributed by atoms with Crippen LogP contribution < -0.4 is 4.72 Å². The second kappa shape index (κ2) is 4.50. The standard InChI is InChI=1S/C11H10N4O2S/c1-15-7-11(13-8-15)18(16,17)14-10-4-2-9(6-12)3-5-10/h2-5,7-8,14H,1H3. The number of anilines is 1. The van der Waals surface area contributed by atoms with Gasteiger partial charge in [0.2, 0.25) is 0 Å². The Balaban J connectivity index is 2.25. The molecule has 2 rings (SSSR count). The molecule has 2 aromatic rings. The lowest BCUT2D eigenvalue weighted by Gasteiger charge is -2.05. The van der Waals surface area contributed by atoms with Crippen LogP contribution in [-0.2, 0) is 17.1 Å². The molecule has 0 aliphatic carbocycles. The molecule has 7 heteroatoms. The molecule has 1 heterocycles. The molecule has 18 heavy (non-hydrogen) atoms. The van der Waals surface area contributed by atoms with Gasteiger partial charge in [-0.05, 0) is 24.3 Å². The van der Waals surface area contributed by atoms with Gasteiger partial charge in [0.25, 0.3) is 10.0 Å². The maximum absolute atomic E-state index is 11.9. The van der Waals surface area contributed by atoms with Crippen molar-refractivity contribution in [2.75, 3.05) is 4.72 Å². The summed E-state index contributed by atoms with van der Waals surface area (Å²) in [4.78, 5) is 3.78. The molecule has 0 fully saturated rings. The molecule has 0 aliphatic rings. The second-order valence-electron chi connectivity index (χ2n) is 3.67. The first-order valence-electron chi connectivity index (χ1n) is 5.02. The molecule has 0 radical (unpaired) electrons. The van der Waals surface area contributed by atoms with E-state index >= 15 is 0 Å². The van der Waals surface area contributed by atoms with Crippen LogP contribution in [0.15, 0.2) is 41.8 Å². The summed E-state index contributed by atoms with van der Waals surface area (Å²) in [6, 6.07) is 8.09. The van der Waals surface area contributed by atoms with Crippen LogP contribution in [0.25, 0.3) is 0 Å². The second-order valence-corrected chi connectivity index (χ2v) is 5.30. The zero-order valence-electron chi connectivity index (χ0n) is 9.53. The molecule has 0 spiro atoms. The normalized spacial score (nSPS) is 10.9. The van der Waals surface area contributed by atoms with Crippen molar-refractivity contribution < 1.29 is 8.42 Å². The fraction of sp³-hybridized carbons (Fsp3) is 0.0909. The third-order valence-electron chi connectivity index (χ3n) is 2.22. The lowest BCUT2D eigenvalue weighted by atomic mass is 10.2. The Bertz CT molecular complexity index is 695. The number of nitriles is 1. The minimum atomic E-state index is -3.68. The van der Waals surface area contributed by atoms with E-state index in [1.165, 1.54) is 36.8 Å². The Kier molecular flexibility index (Phi) is 3.04. The van der Waals surface area contributed by atoms with E-state index in [0.717, 1.165) is 0 Å². The van der Waals surface area contributed by atoms with Crippen molar-refractivity contribution >= 4 is 15.7 Å². The van der Waals surface area contributed by atoms with Gasteiger partial charge in [0.1, 0.15) is 0 Å². The quantitative estimate of drug-likeness (QED) is 0.896.